The maximum absolute atomic E-state index is 14.2. The van der Waals surface area contributed by atoms with Crippen LogP contribution in [0.2, 0.25) is 0 Å². The summed E-state index contributed by atoms with van der Waals surface area (Å²) >= 11 is 0. The lowest BCUT2D eigenvalue weighted by Crippen LogP contribution is -2.45. The van der Waals surface area contributed by atoms with Crippen molar-refractivity contribution in [3.63, 3.8) is 0 Å². The summed E-state index contributed by atoms with van der Waals surface area (Å²) < 4.78 is 79.3. The number of aliphatic imine (C=N–C) groups is 2. The molecule has 6 aliphatic heterocycles. The van der Waals surface area contributed by atoms with E-state index in [2.05, 4.69) is 16.0 Å². The van der Waals surface area contributed by atoms with E-state index in [0.717, 1.165) is 27.8 Å². The molecule has 3 N–H and O–H groups in total. The number of likely N-dealkylation sites (tertiary alicyclic amines) is 1. The number of ether oxygens (including phenoxy) is 14. The van der Waals surface area contributed by atoms with Gasteiger partial charge in [-0.15, -0.1) is 0 Å². The van der Waals surface area contributed by atoms with Crippen molar-refractivity contribution in [2.45, 2.75) is 83.8 Å². The number of anilines is 1. The number of allylic oxidation sites excluding steroid dienone is 7. The largest absolute Gasteiger partial charge is 0.493 e. The van der Waals surface area contributed by atoms with Gasteiger partial charge in [-0.05, 0) is 77.1 Å². The van der Waals surface area contributed by atoms with E-state index in [0.29, 0.717) is 181 Å². The molecule has 30 nitrogen and oxygen atoms in total. The Morgan fingerprint density at radius 1 is 0.539 bits per heavy atom. The fourth-order valence-electron chi connectivity index (χ4n) is 13.4. The number of hydrogen-bond acceptors (Lipinski definition) is 24. The van der Waals surface area contributed by atoms with Gasteiger partial charge in [-0.1, -0.05) is 74.6 Å². The van der Waals surface area contributed by atoms with E-state index in [1.54, 1.807) is 65.6 Å². The summed E-state index contributed by atoms with van der Waals surface area (Å²) in [6, 6.07) is 18.1. The molecule has 1 fully saturated rings. The highest BCUT2D eigenvalue weighted by Gasteiger charge is 2.41. The van der Waals surface area contributed by atoms with E-state index >= 15 is 0 Å². The van der Waals surface area contributed by atoms with Crippen LogP contribution in [-0.2, 0) is 66.7 Å². The summed E-state index contributed by atoms with van der Waals surface area (Å²) in [6.45, 7) is 12.0. The third-order valence-corrected chi connectivity index (χ3v) is 19.8. The highest BCUT2D eigenvalue weighted by molar-refractivity contribution is 6.08. The van der Waals surface area contributed by atoms with Gasteiger partial charge in [-0.3, -0.25) is 53.2 Å². The summed E-state index contributed by atoms with van der Waals surface area (Å²) in [4.78, 5) is 120. The van der Waals surface area contributed by atoms with Crippen LogP contribution in [0.15, 0.2) is 137 Å². The Hall–Kier alpha value is -10.7. The van der Waals surface area contributed by atoms with E-state index in [4.69, 9.17) is 76.3 Å². The van der Waals surface area contributed by atoms with Crippen molar-refractivity contribution in [3.8, 4) is 34.5 Å². The number of carbonyl (C=O) groups excluding carboxylic acids is 8. The maximum atomic E-state index is 14.2. The molecule has 11 rings (SSSR count). The van der Waals surface area contributed by atoms with Crippen LogP contribution >= 0.6 is 0 Å². The number of nitrogens with zero attached hydrogens (tertiary/aromatic N) is 5. The summed E-state index contributed by atoms with van der Waals surface area (Å²) in [5, 5.41) is 8.42. The van der Waals surface area contributed by atoms with E-state index < -0.39 is 29.7 Å². The molecule has 30 heteroatoms. The first-order chi connectivity index (χ1) is 56.0. The molecule has 4 aromatic rings. The summed E-state index contributed by atoms with van der Waals surface area (Å²) in [5.41, 5.74) is 6.57. The molecule has 2 unspecified atom stereocenters. The topological polar surface area (TPSA) is 336 Å². The Balaban J connectivity index is 0.482. The van der Waals surface area contributed by atoms with Gasteiger partial charge in [0.1, 0.15) is 11.8 Å². The van der Waals surface area contributed by atoms with Crippen LogP contribution in [0.3, 0.4) is 0 Å². The molecule has 7 amide bonds. The van der Waals surface area contributed by atoms with Gasteiger partial charge in [0.05, 0.1) is 174 Å². The molecule has 0 aromatic heterocycles. The Labute approximate surface area is 668 Å². The first kappa shape index (κ1) is 85.2. The van der Waals surface area contributed by atoms with Crippen molar-refractivity contribution in [3.05, 3.63) is 149 Å². The molecular formula is C85H102N8O22. The van der Waals surface area contributed by atoms with Gasteiger partial charge in [-0.25, -0.2) is 0 Å². The average molecular weight is 1590 g/mol. The highest BCUT2D eigenvalue weighted by Crippen LogP contribution is 2.44. The Morgan fingerprint density at radius 3 is 1.61 bits per heavy atom. The molecule has 4 aromatic carbocycles. The van der Waals surface area contributed by atoms with Crippen LogP contribution in [0.1, 0.15) is 97.6 Å². The molecule has 0 saturated carbocycles. The number of rotatable bonds is 48. The van der Waals surface area contributed by atoms with Crippen LogP contribution in [-0.4, -0.2) is 245 Å². The zero-order valence-electron chi connectivity index (χ0n) is 65.7. The number of Topliss-reactive ketones (excluding diaryl/α,β-unsaturated/α-hetero) is 1. The summed E-state index contributed by atoms with van der Waals surface area (Å²) in [6.07, 6.45) is 21.9. The molecule has 614 valence electrons. The molecule has 0 spiro atoms. The van der Waals surface area contributed by atoms with Crippen LogP contribution in [0, 0.1) is 17.8 Å². The monoisotopic (exact) mass is 1590 g/mol. The third-order valence-electron chi connectivity index (χ3n) is 19.8. The fraction of sp³-hybridized carbons (Fsp3) is 0.459. The molecule has 7 aliphatic rings. The van der Waals surface area contributed by atoms with E-state index in [1.165, 1.54) is 19.1 Å². The number of methoxy groups -OCH3 is 2. The van der Waals surface area contributed by atoms with Crippen LogP contribution in [0.4, 0.5) is 17.1 Å². The number of carbonyl (C=O) groups is 8. The summed E-state index contributed by atoms with van der Waals surface area (Å²) in [7, 11) is 3.02. The van der Waals surface area contributed by atoms with Crippen LogP contribution in [0.5, 0.6) is 34.5 Å². The van der Waals surface area contributed by atoms with Gasteiger partial charge in [0.25, 0.3) is 11.8 Å². The quantitative estimate of drug-likeness (QED) is 0.0274. The van der Waals surface area contributed by atoms with E-state index in [9.17, 15) is 38.4 Å². The second-order valence-corrected chi connectivity index (χ2v) is 28.1. The number of nitrogens with one attached hydrogen (secondary N) is 3. The predicted octanol–water partition coefficient (Wildman–Crippen LogP) is 8.91. The zero-order chi connectivity index (χ0) is 80.8. The van der Waals surface area contributed by atoms with Crippen molar-refractivity contribution < 1.29 is 105 Å². The molecule has 6 heterocycles. The minimum atomic E-state index is -0.907. The standard InChI is InChI=1S/C85H102N8O22/c1-56(2)67(45-66(94)21-26-104-28-30-106-32-34-108-36-38-110-40-41-111-39-37-109-35-33-107-31-29-105-27-22-86-79(95)20-23-91-80(96)48-68(83(91)99)59-12-9-7-6-8-10-13-59)82(98)89-57(3)81(97)90-63-17-14-58(15-18-63)61-42-64-51-87-71-49-77(74(102-4)46-69(71)84(100)92(64)53-61)112-24-11-25-113-78-50-72-70(47-75(78)103-5)85(101)93-54-62(43-65(93)52-88-72)60-16-19-73-76(44-60)115-55-114-73/h6-10,12-19,44,46-47,49-54,56-57,64-65,67-68H,11,20-43,45,48,55H2,1-5H3,(H,86,95)(H,89,98)(H,90,97)/b7-6-,8-6?,9-7?,10-8-,12-9?,13-10?,59-12?,59-13?/t57-,64-,65-,67?,68?/m0/s1. The lowest BCUT2D eigenvalue weighted by atomic mass is 9.89. The van der Waals surface area contributed by atoms with Gasteiger partial charge in [-0.2, -0.15) is 0 Å². The smallest absolute Gasteiger partial charge is 0.260 e. The van der Waals surface area contributed by atoms with Crippen molar-refractivity contribution in [2.75, 3.05) is 158 Å². The minimum Gasteiger partial charge on any atom is -0.493 e. The van der Waals surface area contributed by atoms with Gasteiger partial charge >= 0.3 is 0 Å². The second-order valence-electron chi connectivity index (χ2n) is 28.1. The number of amides is 7. The van der Waals surface area contributed by atoms with Crippen LogP contribution in [0.25, 0.3) is 11.1 Å². The van der Waals surface area contributed by atoms with Crippen molar-refractivity contribution in [1.82, 2.24) is 25.3 Å². The molecule has 5 atom stereocenters. The molecule has 1 saturated heterocycles. The Kier molecular flexibility index (Phi) is 32.4. The molecule has 0 bridgehead atoms. The van der Waals surface area contributed by atoms with E-state index in [1.807, 2.05) is 99.1 Å². The number of ketones is 1. The number of imide groups is 1. The molecule has 1 aliphatic carbocycles. The first-order valence-electron chi connectivity index (χ1n) is 39.0. The van der Waals surface area contributed by atoms with E-state index in [-0.39, 0.29) is 119 Å². The van der Waals surface area contributed by atoms with Crippen LogP contribution < -0.4 is 44.4 Å². The normalized spacial score (nSPS) is 18.1. The average Bonchev–Trinajstić information content (AvgIpc) is 1.65. The van der Waals surface area contributed by atoms with Crippen molar-refractivity contribution >= 4 is 87.8 Å². The zero-order valence-corrected chi connectivity index (χ0v) is 65.7. The fourth-order valence-corrected chi connectivity index (χ4v) is 13.4. The van der Waals surface area contributed by atoms with Gasteiger partial charge in [0, 0.05) is 107 Å². The van der Waals surface area contributed by atoms with Crippen molar-refractivity contribution in [2.24, 2.45) is 27.7 Å². The lowest BCUT2D eigenvalue weighted by Gasteiger charge is -2.22. The summed E-state index contributed by atoms with van der Waals surface area (Å²) in [5.74, 6) is -0.707. The maximum Gasteiger partial charge on any atom is 0.260 e. The molecule has 0 radical (unpaired) electrons. The minimum absolute atomic E-state index is 0.00374. The highest BCUT2D eigenvalue weighted by atomic mass is 16.7. The SMILES string of the molecule is COc1cc2c(cc1OCCCOc1cc3c(cc1OC)C(=O)N1C=C(c4ccc5c(c4)OCO5)C[C@H]1C=N3)N=C[C@@H]1CC(c3ccc(NC(=O)[C@H](C)NC(=O)C(CC(=O)CCOCCOCCOCCOCCOCCOCCOCCOCCNC(=O)CCN4C(=O)CC(C5=C/C=C\C=C/C=C5)C4=O)C(C)C)cc3)=CN1C2=O. The Morgan fingerprint density at radius 2 is 1.05 bits per heavy atom. The second kappa shape index (κ2) is 43.7. The lowest BCUT2D eigenvalue weighted by molar-refractivity contribution is -0.139. The number of fused-ring (bicyclic) bond motifs is 5. The van der Waals surface area contributed by atoms with Gasteiger partial charge in [0.2, 0.25) is 36.3 Å². The van der Waals surface area contributed by atoms with Crippen molar-refractivity contribution in [1.29, 1.82) is 0 Å². The Bertz CT molecular complexity index is 4340. The number of hydrogen-bond donors (Lipinski definition) is 3. The van der Waals surface area contributed by atoms with Gasteiger partial charge in [0.15, 0.2) is 34.5 Å². The van der Waals surface area contributed by atoms with Gasteiger partial charge < -0.3 is 92.1 Å². The third kappa shape index (κ3) is 24.2. The molecule has 115 heavy (non-hydrogen) atoms. The number of benzene rings is 4. The first-order valence-corrected chi connectivity index (χ1v) is 39.0. The predicted molar refractivity (Wildman–Crippen MR) is 425 cm³/mol. The molecular weight excluding hydrogens is 1480 g/mol.